The number of hydrogen-bond acceptors (Lipinski definition) is 24. The Kier molecular flexibility index (Phi) is 49.7. The molecule has 0 saturated carbocycles. The molecule has 12 amide bonds. The van der Waals surface area contributed by atoms with E-state index in [-0.39, 0.29) is 88.8 Å². The van der Waals surface area contributed by atoms with Crippen LogP contribution >= 0.6 is 0 Å². The van der Waals surface area contributed by atoms with E-state index < -0.39 is 229 Å². The number of carbonyl (C=O) groups is 15. The lowest BCUT2D eigenvalue weighted by molar-refractivity contribution is -0.193. The molecule has 124 heavy (non-hydrogen) atoms. The number of carbonyl (C=O) groups excluding carboxylic acids is 13. The summed E-state index contributed by atoms with van der Waals surface area (Å²) in [6, 6.07) is -11.5. The Labute approximate surface area is 714 Å². The van der Waals surface area contributed by atoms with Gasteiger partial charge < -0.3 is 130 Å². The van der Waals surface area contributed by atoms with Gasteiger partial charge in [0.2, 0.25) is 59.1 Å². The van der Waals surface area contributed by atoms with Gasteiger partial charge in [0.15, 0.2) is 30.2 Å². The number of esters is 1. The summed E-state index contributed by atoms with van der Waals surface area (Å²) >= 11 is 0. The first-order chi connectivity index (χ1) is 57.2. The smallest absolute Gasteiger partial charge is 0.475 e. The molecule has 706 valence electrons. The molecule has 1 aliphatic heterocycles. The van der Waals surface area contributed by atoms with Crippen LogP contribution in [-0.4, -0.2) is 312 Å². The number of alkyl halides is 6. The van der Waals surface area contributed by atoms with E-state index in [4.69, 9.17) is 45.5 Å². The van der Waals surface area contributed by atoms with E-state index in [1.807, 2.05) is 0 Å². The second kappa shape index (κ2) is 54.6. The van der Waals surface area contributed by atoms with Gasteiger partial charge in [-0.05, 0) is 95.0 Å². The predicted molar refractivity (Wildman–Crippen MR) is 433 cm³/mol. The van der Waals surface area contributed by atoms with Crippen molar-refractivity contribution in [2.75, 3.05) is 74.2 Å². The first-order valence-corrected chi connectivity index (χ1v) is 39.5. The number of rotatable bonds is 30. The van der Waals surface area contributed by atoms with E-state index in [2.05, 4.69) is 73.8 Å². The van der Waals surface area contributed by atoms with Gasteiger partial charge in [0, 0.05) is 41.3 Å². The molecule has 0 aromatic heterocycles. The van der Waals surface area contributed by atoms with Crippen LogP contribution in [0.1, 0.15) is 147 Å². The van der Waals surface area contributed by atoms with Gasteiger partial charge in [-0.2, -0.15) is 26.3 Å². The third kappa shape index (κ3) is 43.4. The summed E-state index contributed by atoms with van der Waals surface area (Å²) in [5, 5.41) is 89.4. The first-order valence-electron chi connectivity index (χ1n) is 39.5. The molecule has 0 aliphatic carbocycles. The van der Waals surface area contributed by atoms with E-state index in [1.165, 1.54) is 44.2 Å². The topological polar surface area (TPSA) is 633 Å². The number of amides is 12. The van der Waals surface area contributed by atoms with Gasteiger partial charge >= 0.3 is 36.4 Å². The third-order valence-corrected chi connectivity index (χ3v) is 17.4. The van der Waals surface area contributed by atoms with Crippen molar-refractivity contribution in [2.45, 2.75) is 238 Å². The number of ether oxygens (including phenoxy) is 3. The number of aliphatic hydroxyl groups is 4. The van der Waals surface area contributed by atoms with E-state index >= 15 is 14.4 Å². The van der Waals surface area contributed by atoms with Crippen molar-refractivity contribution < 1.29 is 143 Å². The molecule has 0 bridgehead atoms. The number of aliphatic carboxylic acids is 2. The number of hydrogen-bond donors (Lipinski definition) is 20. The summed E-state index contributed by atoms with van der Waals surface area (Å²) in [4.78, 5) is 219. The molecule has 2 rings (SSSR count). The lowest BCUT2D eigenvalue weighted by atomic mass is 9.95. The van der Waals surface area contributed by atoms with Crippen molar-refractivity contribution in [1.82, 2.24) is 73.6 Å². The summed E-state index contributed by atoms with van der Waals surface area (Å²) in [6.07, 6.45) is -19.7. The number of guanidine groups is 2. The fraction of sp³-hybridized carbons (Fsp3) is 0.697. The predicted octanol–water partition coefficient (Wildman–Crippen LogP) is -2.48. The summed E-state index contributed by atoms with van der Waals surface area (Å²) in [5.74, 6) is -22.6. The fourth-order valence-electron chi connectivity index (χ4n) is 11.1. The van der Waals surface area contributed by atoms with E-state index in [1.54, 1.807) is 114 Å². The van der Waals surface area contributed by atoms with Crippen molar-refractivity contribution in [1.29, 1.82) is 0 Å². The summed E-state index contributed by atoms with van der Waals surface area (Å²) in [6.45, 7) is 19.7. The van der Waals surface area contributed by atoms with Crippen molar-refractivity contribution >= 4 is 101 Å². The van der Waals surface area contributed by atoms with Crippen molar-refractivity contribution in [3.05, 3.63) is 35.9 Å². The molecule has 48 heteroatoms. The number of alkyl carbamates (subject to hydrolysis) is 1. The summed E-state index contributed by atoms with van der Waals surface area (Å²) < 4.78 is 80.6. The molecule has 1 aliphatic rings. The average molecular weight is 1790 g/mol. The third-order valence-electron chi connectivity index (χ3n) is 17.4. The maximum Gasteiger partial charge on any atom is 0.490 e. The van der Waals surface area contributed by atoms with Crippen LogP contribution in [0.2, 0.25) is 0 Å². The summed E-state index contributed by atoms with van der Waals surface area (Å²) in [5.41, 5.74) is 10.1. The van der Waals surface area contributed by atoms with Gasteiger partial charge in [-0.1, -0.05) is 106 Å². The number of nitrogens with one attached hydrogen (secondary N) is 12. The number of aliphatic hydroxyl groups excluding tert-OH is 4. The Morgan fingerprint density at radius 1 is 0.597 bits per heavy atom. The van der Waals surface area contributed by atoms with Crippen molar-refractivity contribution in [3.63, 3.8) is 0 Å². The minimum absolute atomic E-state index is 0.0241. The lowest BCUT2D eigenvalue weighted by Crippen LogP contribution is -2.64. The van der Waals surface area contributed by atoms with Crippen LogP contribution in [0.5, 0.6) is 0 Å². The maximum absolute atomic E-state index is 15.7. The fourth-order valence-corrected chi connectivity index (χ4v) is 11.1. The van der Waals surface area contributed by atoms with Crippen LogP contribution in [0.4, 0.5) is 31.1 Å². The Morgan fingerprint density at radius 3 is 1.56 bits per heavy atom. The van der Waals surface area contributed by atoms with Crippen LogP contribution in [0.15, 0.2) is 40.3 Å². The van der Waals surface area contributed by atoms with Gasteiger partial charge in [-0.15, -0.1) is 0 Å². The number of aliphatic imine (C=N–C) groups is 2. The van der Waals surface area contributed by atoms with Crippen LogP contribution < -0.4 is 75.3 Å². The number of nitrogens with two attached hydrogens (primary N) is 2. The molecule has 22 N–H and O–H groups in total. The molecule has 0 spiro atoms. The van der Waals surface area contributed by atoms with E-state index in [0.29, 0.717) is 5.96 Å². The molecule has 1 fully saturated rings. The second-order valence-electron chi connectivity index (χ2n) is 31.7. The van der Waals surface area contributed by atoms with Crippen LogP contribution in [0.3, 0.4) is 0 Å². The molecular formula is C76H126F6N18O24. The van der Waals surface area contributed by atoms with Gasteiger partial charge in [0.1, 0.15) is 60.0 Å². The highest BCUT2D eigenvalue weighted by molar-refractivity contribution is 6.01. The number of halogens is 6. The highest BCUT2D eigenvalue weighted by Gasteiger charge is 2.45. The quantitative estimate of drug-likeness (QED) is 0.0125. The van der Waals surface area contributed by atoms with Crippen molar-refractivity contribution in [2.24, 2.45) is 51.0 Å². The highest BCUT2D eigenvalue weighted by Crippen LogP contribution is 2.26. The van der Waals surface area contributed by atoms with Crippen LogP contribution in [0.25, 0.3) is 0 Å². The Bertz CT molecular complexity index is 3680. The van der Waals surface area contributed by atoms with E-state index in [9.17, 15) is 94.7 Å². The van der Waals surface area contributed by atoms with Gasteiger partial charge in [0.25, 0.3) is 5.91 Å². The molecule has 1 aromatic rings. The first kappa shape index (κ1) is 113. The Balaban J connectivity index is 0.00000988. The number of carboxylic acid groups (broad SMARTS) is 2. The van der Waals surface area contributed by atoms with Crippen LogP contribution in [0, 0.1) is 29.6 Å². The molecular weight excluding hydrogens is 1660 g/mol. The zero-order valence-corrected chi connectivity index (χ0v) is 72.8. The molecule has 42 nitrogen and oxygen atoms in total. The Morgan fingerprint density at radius 2 is 1.09 bits per heavy atom. The molecule has 1 saturated heterocycles. The lowest BCUT2D eigenvalue weighted by Gasteiger charge is -2.34. The zero-order chi connectivity index (χ0) is 95.8. The normalized spacial score (nSPS) is 21.1. The SMILES string of the molecule is CC[C@H](C)[C@@H]1NC(=O)[C@@H](CCCN=C(N)N)NC(=O)[C@H](CC(C)C)NC(=O)[C@H]([C@H](O)C(C)C)NC(=O)[C@@H](NC(=O)[C@H](CC(C)C)NC(=O)[C@@H](CC(C)C)NC(=O)OC(C)(C)C)[C@@H](c2ccccc2)OC(=O)[C@H](CO)NC(=O)[C@H]([C@H](O)C(=O)NCCOCCN=C(N(C)C)N(C)C)NC(=O)CNC(=O)[C@H]([C@H](C)O)NC1=O.O=C(O)C(F)(F)F.O=C(O)C(F)(F)F. The summed E-state index contributed by atoms with van der Waals surface area (Å²) in [7, 11) is 7.17. The monoisotopic (exact) mass is 1790 g/mol. The molecule has 1 aromatic carbocycles. The molecule has 0 radical (unpaired) electrons. The molecule has 1 heterocycles. The maximum atomic E-state index is 15.7. The van der Waals surface area contributed by atoms with Gasteiger partial charge in [-0.25, -0.2) is 19.2 Å². The minimum Gasteiger partial charge on any atom is -0.475 e. The zero-order valence-electron chi connectivity index (χ0n) is 72.8. The van der Waals surface area contributed by atoms with Gasteiger partial charge in [0.05, 0.1) is 45.1 Å². The Hall–Kier alpha value is -11.0. The molecule has 15 atom stereocenters. The standard InChI is InChI=1S/C72H124N18O20.2C2HF3O2/c1-19-41(10)50-63(101)86-51(42(11)92)62(100)78-35-49(93)84-53(56(95)67(105)75-28-30-108-31-29-77-70(89(15)16)90(17)18)65(103)82-48(36-91)68(106)109-57(43-24-21-20-22-25-43)54(88-61(99)46(33-38(4)5)80-60(98)47(34-39(6)7)83-71(107)110-72(12,13)14)66(104)87-52(55(94)40(8)9)64(102)81-45(32-37(2)3)59(97)79-44(58(96)85-50)26-23-27-76-69(73)74;2*3-2(4,5)1(6)7/h20-22,24-25,37-42,44-48,50-57,91-92,94-95H,19,23,26-36H2,1-18H3,(H,75,105)(H,78,100)(H,79,97)(H,80,98)(H,81,102)(H,82,103)(H,83,107)(H,84,93)(H,85,96)(H,86,101)(H,87,104)(H,88,99)(H4,73,74,76);2*(H,6,7)/t41-,42-,44+,45-,46-,47+,48-,50-,51-,52-,53-,54-,55+,56-,57+;;/m0../s1. The average Bonchev–Trinajstić information content (AvgIpc) is 0.805. The largest absolute Gasteiger partial charge is 0.490 e. The number of nitrogens with zero attached hydrogens (tertiary/aromatic N) is 4. The second-order valence-corrected chi connectivity index (χ2v) is 31.7. The number of cyclic esters (lactones) is 1. The number of benzene rings is 1. The highest BCUT2D eigenvalue weighted by atomic mass is 19.4. The number of carboxylic acids is 2. The minimum atomic E-state index is -5.08. The van der Waals surface area contributed by atoms with Crippen LogP contribution in [-0.2, 0) is 81.3 Å². The molecule has 0 unspecified atom stereocenters. The van der Waals surface area contributed by atoms with Crippen molar-refractivity contribution in [3.8, 4) is 0 Å². The van der Waals surface area contributed by atoms with E-state index in [0.717, 1.165) is 6.92 Å². The van der Waals surface area contributed by atoms with Gasteiger partial charge in [-0.3, -0.25) is 62.7 Å².